The van der Waals surface area contributed by atoms with Gasteiger partial charge in [0.1, 0.15) is 5.60 Å². The van der Waals surface area contributed by atoms with E-state index < -0.39 is 23.5 Å². The van der Waals surface area contributed by atoms with E-state index in [-0.39, 0.29) is 6.61 Å². The Morgan fingerprint density at radius 1 is 1.13 bits per heavy atom. The van der Waals surface area contributed by atoms with E-state index in [9.17, 15) is 9.59 Å². The molecule has 0 aliphatic heterocycles. The van der Waals surface area contributed by atoms with Gasteiger partial charge in [0, 0.05) is 0 Å². The number of hydrogen-bond donors (Lipinski definition) is 0. The fourth-order valence-electron chi connectivity index (χ4n) is 1.05. The number of carbonyl (C=O) groups is 2. The summed E-state index contributed by atoms with van der Waals surface area (Å²) in [6.07, 6.45) is 0.397. The Bertz CT molecular complexity index is 227. The summed E-state index contributed by atoms with van der Waals surface area (Å²) in [5, 5.41) is 0. The minimum atomic E-state index is -0.802. The van der Waals surface area contributed by atoms with Gasteiger partial charge in [0.2, 0.25) is 0 Å². The number of esters is 2. The Balaban J connectivity index is 4.41. The number of ether oxygens (including phenoxy) is 2. The zero-order chi connectivity index (χ0) is 12.1. The average molecular weight is 216 g/mol. The molecule has 15 heavy (non-hydrogen) atoms. The van der Waals surface area contributed by atoms with Crippen LogP contribution < -0.4 is 0 Å². The zero-order valence-corrected chi connectivity index (χ0v) is 10.1. The van der Waals surface area contributed by atoms with Gasteiger partial charge in [-0.1, -0.05) is 6.92 Å². The fourth-order valence-corrected chi connectivity index (χ4v) is 1.05. The highest BCUT2D eigenvalue weighted by Crippen LogP contribution is 2.14. The highest BCUT2D eigenvalue weighted by atomic mass is 16.6. The molecule has 4 nitrogen and oxygen atoms in total. The van der Waals surface area contributed by atoms with Crippen LogP contribution in [0.3, 0.4) is 0 Å². The van der Waals surface area contributed by atoms with Gasteiger partial charge in [-0.15, -0.1) is 0 Å². The summed E-state index contributed by atoms with van der Waals surface area (Å²) in [6, 6.07) is 0. The van der Waals surface area contributed by atoms with Crippen molar-refractivity contribution in [1.82, 2.24) is 0 Å². The quantitative estimate of drug-likeness (QED) is 0.532. The smallest absolute Gasteiger partial charge is 0.320 e. The van der Waals surface area contributed by atoms with Gasteiger partial charge in [0.25, 0.3) is 0 Å². The van der Waals surface area contributed by atoms with Crippen molar-refractivity contribution in [2.24, 2.45) is 5.92 Å². The molecular weight excluding hydrogens is 196 g/mol. The highest BCUT2D eigenvalue weighted by molar-refractivity contribution is 5.94. The molecule has 88 valence electrons. The van der Waals surface area contributed by atoms with E-state index in [4.69, 9.17) is 9.47 Å². The second-order valence-electron chi connectivity index (χ2n) is 4.25. The summed E-state index contributed by atoms with van der Waals surface area (Å²) in [6.45, 7) is 9.04. The summed E-state index contributed by atoms with van der Waals surface area (Å²) in [5.74, 6) is -1.82. The maximum atomic E-state index is 11.6. The maximum absolute atomic E-state index is 11.6. The Morgan fingerprint density at radius 3 is 2.00 bits per heavy atom. The first-order valence-corrected chi connectivity index (χ1v) is 5.21. The van der Waals surface area contributed by atoms with E-state index in [2.05, 4.69) is 0 Å². The second-order valence-corrected chi connectivity index (χ2v) is 4.25. The molecule has 0 heterocycles. The first-order chi connectivity index (χ1) is 6.81. The topological polar surface area (TPSA) is 52.6 Å². The molecule has 0 aliphatic rings. The minimum absolute atomic E-state index is 0.276. The number of carbonyl (C=O) groups excluding carboxylic acids is 2. The molecule has 1 atom stereocenters. The van der Waals surface area contributed by atoms with Crippen molar-refractivity contribution in [2.45, 2.75) is 46.6 Å². The van der Waals surface area contributed by atoms with Crippen LogP contribution in [0.4, 0.5) is 0 Å². The zero-order valence-electron chi connectivity index (χ0n) is 10.1. The van der Waals surface area contributed by atoms with Crippen molar-refractivity contribution in [3.05, 3.63) is 0 Å². The van der Waals surface area contributed by atoms with Crippen LogP contribution in [0.15, 0.2) is 0 Å². The van der Waals surface area contributed by atoms with E-state index in [0.717, 1.165) is 0 Å². The molecule has 0 aromatic carbocycles. The third-order valence-electron chi connectivity index (χ3n) is 1.67. The summed E-state index contributed by atoms with van der Waals surface area (Å²) >= 11 is 0. The summed E-state index contributed by atoms with van der Waals surface area (Å²) < 4.78 is 9.91. The molecule has 0 radical (unpaired) electrons. The van der Waals surface area contributed by atoms with Gasteiger partial charge < -0.3 is 9.47 Å². The molecule has 0 saturated carbocycles. The Labute approximate surface area is 90.9 Å². The molecule has 0 N–H and O–H groups in total. The standard InChI is InChI=1S/C11H20O4/c1-6-8(9(12)14-7-2)10(13)15-11(3,4)5/h8H,6-7H2,1-5H3. The molecule has 1 unspecified atom stereocenters. The molecule has 0 aliphatic carbocycles. The summed E-state index contributed by atoms with van der Waals surface area (Å²) in [4.78, 5) is 23.0. The van der Waals surface area contributed by atoms with Gasteiger partial charge in [-0.05, 0) is 34.1 Å². The first-order valence-electron chi connectivity index (χ1n) is 5.21. The van der Waals surface area contributed by atoms with Crippen molar-refractivity contribution in [2.75, 3.05) is 6.61 Å². The van der Waals surface area contributed by atoms with E-state index >= 15 is 0 Å². The summed E-state index contributed by atoms with van der Waals surface area (Å²) in [7, 11) is 0. The van der Waals surface area contributed by atoms with E-state index in [1.165, 1.54) is 0 Å². The lowest BCUT2D eigenvalue weighted by Crippen LogP contribution is -2.33. The van der Waals surface area contributed by atoms with Gasteiger partial charge in [0.15, 0.2) is 5.92 Å². The molecule has 0 fully saturated rings. The van der Waals surface area contributed by atoms with Crippen molar-refractivity contribution < 1.29 is 19.1 Å². The average Bonchev–Trinajstić information content (AvgIpc) is 2.02. The van der Waals surface area contributed by atoms with Crippen LogP contribution in [-0.4, -0.2) is 24.1 Å². The predicted molar refractivity (Wildman–Crippen MR) is 56.3 cm³/mol. The van der Waals surface area contributed by atoms with E-state index in [1.807, 2.05) is 0 Å². The monoisotopic (exact) mass is 216 g/mol. The predicted octanol–water partition coefficient (Wildman–Crippen LogP) is 1.92. The number of rotatable bonds is 4. The molecule has 0 bridgehead atoms. The van der Waals surface area contributed by atoms with Crippen LogP contribution in [0, 0.1) is 5.92 Å². The third-order valence-corrected chi connectivity index (χ3v) is 1.67. The van der Waals surface area contributed by atoms with Crippen molar-refractivity contribution in [3.8, 4) is 0 Å². The van der Waals surface area contributed by atoms with Gasteiger partial charge in [-0.2, -0.15) is 0 Å². The van der Waals surface area contributed by atoms with Gasteiger partial charge in [-0.3, -0.25) is 9.59 Å². The Hall–Kier alpha value is -1.06. The molecule has 0 spiro atoms. The van der Waals surface area contributed by atoms with Crippen molar-refractivity contribution in [1.29, 1.82) is 0 Å². The second kappa shape index (κ2) is 5.73. The minimum Gasteiger partial charge on any atom is -0.465 e. The van der Waals surface area contributed by atoms with E-state index in [0.29, 0.717) is 6.42 Å². The molecule has 0 aromatic heterocycles. The van der Waals surface area contributed by atoms with E-state index in [1.54, 1.807) is 34.6 Å². The molecule has 0 amide bonds. The Kier molecular flexibility index (Phi) is 5.33. The maximum Gasteiger partial charge on any atom is 0.320 e. The highest BCUT2D eigenvalue weighted by Gasteiger charge is 2.30. The SMILES string of the molecule is CCOC(=O)C(CC)C(=O)OC(C)(C)C. The fraction of sp³-hybridized carbons (Fsp3) is 0.818. The van der Waals surface area contributed by atoms with Crippen molar-refractivity contribution in [3.63, 3.8) is 0 Å². The molecule has 0 rings (SSSR count). The van der Waals surface area contributed by atoms with Gasteiger partial charge in [0.05, 0.1) is 6.61 Å². The Morgan fingerprint density at radius 2 is 1.67 bits per heavy atom. The molecular formula is C11H20O4. The largest absolute Gasteiger partial charge is 0.465 e. The first kappa shape index (κ1) is 13.9. The van der Waals surface area contributed by atoms with Crippen LogP contribution in [0.2, 0.25) is 0 Å². The molecule has 0 aromatic rings. The lowest BCUT2D eigenvalue weighted by molar-refractivity contribution is -0.169. The van der Waals surface area contributed by atoms with Crippen LogP contribution >= 0.6 is 0 Å². The molecule has 4 heteroatoms. The van der Waals surface area contributed by atoms with Crippen LogP contribution in [0.5, 0.6) is 0 Å². The molecule has 0 saturated heterocycles. The van der Waals surface area contributed by atoms with Crippen LogP contribution in [0.1, 0.15) is 41.0 Å². The number of hydrogen-bond acceptors (Lipinski definition) is 4. The van der Waals surface area contributed by atoms with Gasteiger partial charge >= 0.3 is 11.9 Å². The van der Waals surface area contributed by atoms with Crippen LogP contribution in [-0.2, 0) is 19.1 Å². The normalized spacial score (nSPS) is 13.1. The lowest BCUT2D eigenvalue weighted by Gasteiger charge is -2.22. The summed E-state index contributed by atoms with van der Waals surface area (Å²) in [5.41, 5.74) is -0.572. The van der Waals surface area contributed by atoms with Gasteiger partial charge in [-0.25, -0.2) is 0 Å². The lowest BCUT2D eigenvalue weighted by atomic mass is 10.1. The third kappa shape index (κ3) is 5.40. The van der Waals surface area contributed by atoms with Crippen LogP contribution in [0.25, 0.3) is 0 Å². The van der Waals surface area contributed by atoms with Crippen molar-refractivity contribution >= 4 is 11.9 Å².